The zero-order valence-electron chi connectivity index (χ0n) is 8.58. The maximum Gasteiger partial charge on any atom is 0.206 e. The molecule has 4 nitrogen and oxygen atoms in total. The lowest BCUT2D eigenvalue weighted by atomic mass is 10.4. The van der Waals surface area contributed by atoms with Crippen LogP contribution in [0.25, 0.3) is 0 Å². The van der Waals surface area contributed by atoms with E-state index < -0.39 is 0 Å². The van der Waals surface area contributed by atoms with Crippen LogP contribution >= 0.6 is 27.3 Å². The lowest BCUT2D eigenvalue weighted by Gasteiger charge is -2.13. The number of anilines is 1. The van der Waals surface area contributed by atoms with Gasteiger partial charge in [-0.2, -0.15) is 0 Å². The van der Waals surface area contributed by atoms with E-state index in [2.05, 4.69) is 36.3 Å². The van der Waals surface area contributed by atoms with Gasteiger partial charge >= 0.3 is 0 Å². The van der Waals surface area contributed by atoms with Gasteiger partial charge in [0.2, 0.25) is 5.13 Å². The summed E-state index contributed by atoms with van der Waals surface area (Å²) >= 11 is 4.83. The topological polar surface area (TPSA) is 41.1 Å². The van der Waals surface area contributed by atoms with Crippen LogP contribution in [0.1, 0.15) is 19.3 Å². The maximum atomic E-state index is 3.98. The molecular weight excluding hydrogens is 276 g/mol. The van der Waals surface area contributed by atoms with E-state index in [0.717, 1.165) is 15.6 Å². The second-order valence-electron chi connectivity index (χ2n) is 3.69. The quantitative estimate of drug-likeness (QED) is 0.844. The Morgan fingerprint density at radius 1 is 1.33 bits per heavy atom. The van der Waals surface area contributed by atoms with Crippen LogP contribution < -0.4 is 5.32 Å². The van der Waals surface area contributed by atoms with Crippen molar-refractivity contribution >= 4 is 32.4 Å². The summed E-state index contributed by atoms with van der Waals surface area (Å²) in [4.78, 5) is 2.53. The van der Waals surface area contributed by atoms with E-state index >= 15 is 0 Å². The highest BCUT2D eigenvalue weighted by atomic mass is 79.9. The summed E-state index contributed by atoms with van der Waals surface area (Å²) in [6, 6.07) is 0. The van der Waals surface area contributed by atoms with Crippen LogP contribution in [0, 0.1) is 0 Å². The molecule has 15 heavy (non-hydrogen) atoms. The summed E-state index contributed by atoms with van der Waals surface area (Å²) in [6.07, 6.45) is 3.92. The fraction of sp³-hybridized carbons (Fsp3) is 0.778. The third kappa shape index (κ3) is 3.70. The van der Waals surface area contributed by atoms with E-state index in [1.165, 1.54) is 38.9 Å². The van der Waals surface area contributed by atoms with Crippen LogP contribution in [0.3, 0.4) is 0 Å². The Hall–Kier alpha value is -0.200. The van der Waals surface area contributed by atoms with Gasteiger partial charge in [0.25, 0.3) is 0 Å². The predicted octanol–water partition coefficient (Wildman–Crippen LogP) is 2.20. The fourth-order valence-corrected chi connectivity index (χ4v) is 2.82. The molecule has 0 spiro atoms. The summed E-state index contributed by atoms with van der Waals surface area (Å²) in [5.41, 5.74) is 0. The molecule has 0 amide bonds. The van der Waals surface area contributed by atoms with Gasteiger partial charge in [0.15, 0.2) is 3.92 Å². The molecule has 1 fully saturated rings. The van der Waals surface area contributed by atoms with E-state index in [0.29, 0.717) is 0 Å². The molecule has 1 aromatic heterocycles. The summed E-state index contributed by atoms with van der Waals surface area (Å²) in [6.45, 7) is 4.75. The van der Waals surface area contributed by atoms with Crippen LogP contribution in [0.4, 0.5) is 5.13 Å². The van der Waals surface area contributed by atoms with Crippen molar-refractivity contribution in [2.24, 2.45) is 0 Å². The van der Waals surface area contributed by atoms with Gasteiger partial charge in [0.05, 0.1) is 0 Å². The molecule has 1 aliphatic heterocycles. The van der Waals surface area contributed by atoms with E-state index in [1.807, 2.05) is 0 Å². The Labute approximate surface area is 102 Å². The number of rotatable bonds is 5. The second-order valence-corrected chi connectivity index (χ2v) is 5.94. The Kier molecular flexibility index (Phi) is 4.34. The van der Waals surface area contributed by atoms with Gasteiger partial charge in [-0.3, -0.25) is 0 Å². The van der Waals surface area contributed by atoms with Crippen molar-refractivity contribution in [1.82, 2.24) is 15.1 Å². The third-order valence-electron chi connectivity index (χ3n) is 2.53. The molecule has 0 aliphatic carbocycles. The first-order valence-electron chi connectivity index (χ1n) is 5.30. The molecule has 1 N–H and O–H groups in total. The normalized spacial score (nSPS) is 17.1. The number of nitrogens with one attached hydrogen (secondary N) is 1. The summed E-state index contributed by atoms with van der Waals surface area (Å²) in [5.74, 6) is 0. The average Bonchev–Trinajstić information content (AvgIpc) is 2.84. The first-order chi connectivity index (χ1) is 7.34. The van der Waals surface area contributed by atoms with Crippen molar-refractivity contribution in [1.29, 1.82) is 0 Å². The van der Waals surface area contributed by atoms with E-state index in [1.54, 1.807) is 11.3 Å². The second kappa shape index (κ2) is 5.77. The van der Waals surface area contributed by atoms with E-state index in [4.69, 9.17) is 0 Å². The van der Waals surface area contributed by atoms with Crippen molar-refractivity contribution in [3.05, 3.63) is 3.92 Å². The van der Waals surface area contributed by atoms with E-state index in [-0.39, 0.29) is 0 Å². The van der Waals surface area contributed by atoms with Crippen molar-refractivity contribution in [2.75, 3.05) is 31.5 Å². The number of aromatic nitrogens is 2. The SMILES string of the molecule is Brc1nnc(NCCCN2CCCC2)s1. The molecule has 0 saturated carbocycles. The first kappa shape index (κ1) is 11.3. The minimum Gasteiger partial charge on any atom is -0.360 e. The fourth-order valence-electron chi connectivity index (χ4n) is 1.78. The number of likely N-dealkylation sites (tertiary alicyclic amines) is 1. The smallest absolute Gasteiger partial charge is 0.206 e. The highest BCUT2D eigenvalue weighted by molar-refractivity contribution is 9.11. The number of nitrogens with zero attached hydrogens (tertiary/aromatic N) is 3. The molecule has 1 aliphatic rings. The van der Waals surface area contributed by atoms with Gasteiger partial charge in [-0.25, -0.2) is 0 Å². The Bertz CT molecular complexity index is 298. The number of hydrogen-bond donors (Lipinski definition) is 1. The van der Waals surface area contributed by atoms with Crippen LogP contribution in [0.15, 0.2) is 3.92 Å². The molecule has 2 heterocycles. The monoisotopic (exact) mass is 290 g/mol. The van der Waals surface area contributed by atoms with Crippen molar-refractivity contribution in [2.45, 2.75) is 19.3 Å². The first-order valence-corrected chi connectivity index (χ1v) is 6.91. The van der Waals surface area contributed by atoms with Crippen molar-refractivity contribution in [3.8, 4) is 0 Å². The molecule has 2 rings (SSSR count). The summed E-state index contributed by atoms with van der Waals surface area (Å²) in [5, 5.41) is 12.1. The predicted molar refractivity (Wildman–Crippen MR) is 66.4 cm³/mol. The maximum absolute atomic E-state index is 3.98. The largest absolute Gasteiger partial charge is 0.360 e. The van der Waals surface area contributed by atoms with Gasteiger partial charge in [-0.1, -0.05) is 11.3 Å². The molecule has 84 valence electrons. The molecular formula is C9H15BrN4S. The minimum atomic E-state index is 0.838. The molecule has 0 unspecified atom stereocenters. The van der Waals surface area contributed by atoms with Crippen molar-refractivity contribution in [3.63, 3.8) is 0 Å². The molecule has 1 aromatic rings. The lowest BCUT2D eigenvalue weighted by Crippen LogP contribution is -2.22. The Morgan fingerprint density at radius 2 is 2.13 bits per heavy atom. The van der Waals surface area contributed by atoms with Gasteiger partial charge in [-0.05, 0) is 54.8 Å². The minimum absolute atomic E-state index is 0.838. The van der Waals surface area contributed by atoms with Crippen LogP contribution in [-0.4, -0.2) is 41.3 Å². The molecule has 0 bridgehead atoms. The molecule has 0 radical (unpaired) electrons. The Morgan fingerprint density at radius 3 is 2.80 bits per heavy atom. The van der Waals surface area contributed by atoms with Gasteiger partial charge < -0.3 is 10.2 Å². The zero-order valence-corrected chi connectivity index (χ0v) is 11.0. The standard InChI is InChI=1S/C9H15BrN4S/c10-8-12-13-9(15-8)11-4-3-7-14-5-1-2-6-14/h1-7H2,(H,11,13). The molecule has 0 aromatic carbocycles. The van der Waals surface area contributed by atoms with Crippen molar-refractivity contribution < 1.29 is 0 Å². The zero-order chi connectivity index (χ0) is 10.5. The summed E-state index contributed by atoms with van der Waals surface area (Å²) in [7, 11) is 0. The van der Waals surface area contributed by atoms with Crippen LogP contribution in [-0.2, 0) is 0 Å². The highest BCUT2D eigenvalue weighted by Crippen LogP contribution is 2.19. The molecule has 1 saturated heterocycles. The summed E-state index contributed by atoms with van der Waals surface area (Å²) < 4.78 is 0.838. The van der Waals surface area contributed by atoms with Gasteiger partial charge in [0.1, 0.15) is 0 Å². The molecule has 6 heteroatoms. The average molecular weight is 291 g/mol. The molecule has 0 atom stereocenters. The number of hydrogen-bond acceptors (Lipinski definition) is 5. The highest BCUT2D eigenvalue weighted by Gasteiger charge is 2.10. The number of halogens is 1. The third-order valence-corrected chi connectivity index (χ3v) is 3.84. The van der Waals surface area contributed by atoms with E-state index in [9.17, 15) is 0 Å². The van der Waals surface area contributed by atoms with Crippen LogP contribution in [0.5, 0.6) is 0 Å². The van der Waals surface area contributed by atoms with Gasteiger partial charge in [0, 0.05) is 6.54 Å². The lowest BCUT2D eigenvalue weighted by molar-refractivity contribution is 0.337. The van der Waals surface area contributed by atoms with Crippen LogP contribution in [0.2, 0.25) is 0 Å². The van der Waals surface area contributed by atoms with Gasteiger partial charge in [-0.15, -0.1) is 10.2 Å². The Balaban J connectivity index is 1.58.